The van der Waals surface area contributed by atoms with Crippen LogP contribution < -0.4 is 11.1 Å². The lowest BCUT2D eigenvalue weighted by Gasteiger charge is -2.06. The molecule has 0 aliphatic rings. The summed E-state index contributed by atoms with van der Waals surface area (Å²) in [6.07, 6.45) is 0. The van der Waals surface area contributed by atoms with E-state index in [1.807, 2.05) is 0 Å². The predicted molar refractivity (Wildman–Crippen MR) is 56.5 cm³/mol. The predicted octanol–water partition coefficient (Wildman–Crippen LogP) is 1.44. The second kappa shape index (κ2) is 3.95. The molecule has 1 aromatic carbocycles. The minimum Gasteiger partial charge on any atom is -0.398 e. The number of amides is 1. The molecule has 0 bridgehead atoms. The number of aryl methyl sites for hydroxylation is 1. The number of carbonyl (C=O) groups excluding carboxylic acids is 1. The number of carbonyl (C=O) groups is 1. The molecule has 0 radical (unpaired) electrons. The third-order valence-corrected chi connectivity index (χ3v) is 1.89. The molecule has 6 heteroatoms. The average molecular weight is 209 g/mol. The number of rotatable bonds is 2. The van der Waals surface area contributed by atoms with Crippen molar-refractivity contribution in [2.75, 3.05) is 11.1 Å². The van der Waals surface area contributed by atoms with Crippen molar-refractivity contribution in [2.24, 2.45) is 0 Å². The lowest BCUT2D eigenvalue weighted by Crippen LogP contribution is -2.09. The molecule has 1 aromatic rings. The van der Waals surface area contributed by atoms with Crippen molar-refractivity contribution in [3.63, 3.8) is 0 Å². The zero-order valence-electron chi connectivity index (χ0n) is 8.40. The molecule has 0 aliphatic heterocycles. The number of nitrogens with zero attached hydrogens (tertiary/aromatic N) is 1. The summed E-state index contributed by atoms with van der Waals surface area (Å²) in [6, 6.07) is 2.72. The minimum absolute atomic E-state index is 0.166. The molecule has 15 heavy (non-hydrogen) atoms. The number of nitrogens with two attached hydrogens (primary N) is 1. The number of hydrogen-bond donors (Lipinski definition) is 2. The maximum atomic E-state index is 10.8. The van der Waals surface area contributed by atoms with E-state index in [1.54, 1.807) is 6.92 Å². The van der Waals surface area contributed by atoms with Crippen molar-refractivity contribution in [3.8, 4) is 0 Å². The zero-order valence-corrected chi connectivity index (χ0v) is 8.40. The van der Waals surface area contributed by atoms with Crippen LogP contribution in [0.1, 0.15) is 12.5 Å². The van der Waals surface area contributed by atoms with Gasteiger partial charge in [0.15, 0.2) is 0 Å². The van der Waals surface area contributed by atoms with Crippen LogP contribution in [0.2, 0.25) is 0 Å². The molecule has 80 valence electrons. The van der Waals surface area contributed by atoms with E-state index >= 15 is 0 Å². The summed E-state index contributed by atoms with van der Waals surface area (Å²) in [6.45, 7) is 3.00. The van der Waals surface area contributed by atoms with Gasteiger partial charge in [0, 0.05) is 18.7 Å². The van der Waals surface area contributed by atoms with E-state index in [9.17, 15) is 14.9 Å². The largest absolute Gasteiger partial charge is 0.398 e. The number of nitro groups is 1. The summed E-state index contributed by atoms with van der Waals surface area (Å²) in [7, 11) is 0. The van der Waals surface area contributed by atoms with E-state index in [4.69, 9.17) is 5.73 Å². The van der Waals surface area contributed by atoms with Gasteiger partial charge >= 0.3 is 0 Å². The molecule has 0 fully saturated rings. The summed E-state index contributed by atoms with van der Waals surface area (Å²) in [5.74, 6) is -0.359. The number of nitrogen functional groups attached to an aromatic ring is 1. The third-order valence-electron chi connectivity index (χ3n) is 1.89. The molecule has 0 saturated heterocycles. The Balaban J connectivity index is 3.28. The van der Waals surface area contributed by atoms with E-state index in [1.165, 1.54) is 19.1 Å². The second-order valence-electron chi connectivity index (χ2n) is 3.16. The van der Waals surface area contributed by atoms with Gasteiger partial charge in [-0.15, -0.1) is 0 Å². The topological polar surface area (TPSA) is 98.3 Å². The first-order chi connectivity index (χ1) is 6.91. The highest BCUT2D eigenvalue weighted by Gasteiger charge is 2.16. The SMILES string of the molecule is CC(=O)Nc1cc(C)c(N)cc1[N+](=O)[O-]. The van der Waals surface area contributed by atoms with E-state index in [2.05, 4.69) is 5.32 Å². The fourth-order valence-electron chi connectivity index (χ4n) is 1.15. The Bertz CT molecular complexity index is 429. The highest BCUT2D eigenvalue weighted by atomic mass is 16.6. The van der Waals surface area contributed by atoms with Crippen LogP contribution in [0.4, 0.5) is 17.1 Å². The smallest absolute Gasteiger partial charge is 0.294 e. The maximum Gasteiger partial charge on any atom is 0.294 e. The summed E-state index contributed by atoms with van der Waals surface area (Å²) < 4.78 is 0. The van der Waals surface area contributed by atoms with E-state index < -0.39 is 4.92 Å². The summed E-state index contributed by atoms with van der Waals surface area (Å²) in [5, 5.41) is 13.1. The van der Waals surface area contributed by atoms with E-state index in [0.29, 0.717) is 11.3 Å². The van der Waals surface area contributed by atoms with Gasteiger partial charge in [0.1, 0.15) is 5.69 Å². The Morgan fingerprint density at radius 3 is 2.60 bits per heavy atom. The molecule has 0 unspecified atom stereocenters. The van der Waals surface area contributed by atoms with Gasteiger partial charge in [0.25, 0.3) is 5.69 Å². The highest BCUT2D eigenvalue weighted by Crippen LogP contribution is 2.29. The normalized spacial score (nSPS) is 9.73. The Hall–Kier alpha value is -2.11. The number of nitro benzene ring substituents is 1. The summed E-state index contributed by atoms with van der Waals surface area (Å²) in [5.41, 5.74) is 6.52. The Kier molecular flexibility index (Phi) is 2.89. The fraction of sp³-hybridized carbons (Fsp3) is 0.222. The number of benzene rings is 1. The molecule has 0 atom stereocenters. The molecule has 0 aromatic heterocycles. The molecule has 3 N–H and O–H groups in total. The van der Waals surface area contributed by atoms with Gasteiger partial charge < -0.3 is 11.1 Å². The maximum absolute atomic E-state index is 10.8. The average Bonchev–Trinajstić information content (AvgIpc) is 2.09. The van der Waals surface area contributed by atoms with Crippen molar-refractivity contribution in [1.82, 2.24) is 0 Å². The van der Waals surface area contributed by atoms with Crippen LogP contribution in [0.5, 0.6) is 0 Å². The molecular formula is C9H11N3O3. The van der Waals surface area contributed by atoms with E-state index in [-0.39, 0.29) is 17.3 Å². The standard InChI is InChI=1S/C9H11N3O3/c1-5-3-8(11-6(2)13)9(12(14)15)4-7(5)10/h3-4H,10H2,1-2H3,(H,11,13). The van der Waals surface area contributed by atoms with Gasteiger partial charge in [-0.1, -0.05) is 0 Å². The molecular weight excluding hydrogens is 198 g/mol. The zero-order chi connectivity index (χ0) is 11.6. The van der Waals surface area contributed by atoms with Gasteiger partial charge in [-0.25, -0.2) is 0 Å². The van der Waals surface area contributed by atoms with Crippen LogP contribution >= 0.6 is 0 Å². The Morgan fingerprint density at radius 2 is 2.13 bits per heavy atom. The van der Waals surface area contributed by atoms with Crippen molar-refractivity contribution < 1.29 is 9.72 Å². The molecule has 1 rings (SSSR count). The molecule has 6 nitrogen and oxygen atoms in total. The van der Waals surface area contributed by atoms with Crippen LogP contribution in [0, 0.1) is 17.0 Å². The quantitative estimate of drug-likeness (QED) is 0.437. The molecule has 0 spiro atoms. The molecule has 0 heterocycles. The molecule has 1 amide bonds. The minimum atomic E-state index is -0.582. The van der Waals surface area contributed by atoms with Crippen LogP contribution in [-0.2, 0) is 4.79 Å². The lowest BCUT2D eigenvalue weighted by molar-refractivity contribution is -0.383. The van der Waals surface area contributed by atoms with Gasteiger partial charge in [-0.3, -0.25) is 14.9 Å². The van der Waals surface area contributed by atoms with Crippen molar-refractivity contribution in [3.05, 3.63) is 27.8 Å². The Labute approximate surface area is 86.2 Å². The summed E-state index contributed by atoms with van der Waals surface area (Å²) >= 11 is 0. The molecule has 0 saturated carbocycles. The highest BCUT2D eigenvalue weighted by molar-refractivity contribution is 5.92. The second-order valence-corrected chi connectivity index (χ2v) is 3.16. The number of hydrogen-bond acceptors (Lipinski definition) is 4. The lowest BCUT2D eigenvalue weighted by atomic mass is 10.1. The first-order valence-electron chi connectivity index (χ1n) is 4.24. The number of nitrogens with one attached hydrogen (secondary N) is 1. The molecule has 0 aliphatic carbocycles. The van der Waals surface area contributed by atoms with E-state index in [0.717, 1.165) is 0 Å². The van der Waals surface area contributed by atoms with Crippen LogP contribution in [-0.4, -0.2) is 10.8 Å². The van der Waals surface area contributed by atoms with Crippen LogP contribution in [0.25, 0.3) is 0 Å². The van der Waals surface area contributed by atoms with Gasteiger partial charge in [0.2, 0.25) is 5.91 Å². The van der Waals surface area contributed by atoms with Crippen molar-refractivity contribution >= 4 is 23.0 Å². The van der Waals surface area contributed by atoms with Gasteiger partial charge in [0.05, 0.1) is 4.92 Å². The van der Waals surface area contributed by atoms with Crippen molar-refractivity contribution in [2.45, 2.75) is 13.8 Å². The van der Waals surface area contributed by atoms with Crippen molar-refractivity contribution in [1.29, 1.82) is 0 Å². The monoisotopic (exact) mass is 209 g/mol. The first-order valence-corrected chi connectivity index (χ1v) is 4.24. The van der Waals surface area contributed by atoms with Crippen LogP contribution in [0.3, 0.4) is 0 Å². The Morgan fingerprint density at radius 1 is 1.53 bits per heavy atom. The number of anilines is 2. The van der Waals surface area contributed by atoms with Gasteiger partial charge in [-0.2, -0.15) is 0 Å². The summed E-state index contributed by atoms with van der Waals surface area (Å²) in [4.78, 5) is 20.9. The third kappa shape index (κ3) is 2.43. The fourth-order valence-corrected chi connectivity index (χ4v) is 1.15. The van der Waals surface area contributed by atoms with Crippen LogP contribution in [0.15, 0.2) is 12.1 Å². The first kappa shape index (κ1) is 11.0. The van der Waals surface area contributed by atoms with Gasteiger partial charge in [-0.05, 0) is 18.6 Å².